The molecule has 1 unspecified atom stereocenters. The number of hydrogen-bond donors (Lipinski definition) is 0. The molecule has 2 amide bonds. The third kappa shape index (κ3) is 3.94. The van der Waals surface area contributed by atoms with Gasteiger partial charge in [-0.2, -0.15) is 0 Å². The minimum atomic E-state index is -0.253. The highest BCUT2D eigenvalue weighted by atomic mass is 35.5. The van der Waals surface area contributed by atoms with Gasteiger partial charge in [0.1, 0.15) is 0 Å². The molecule has 2 aliphatic heterocycles. The maximum absolute atomic E-state index is 13.1. The number of amides is 2. The van der Waals surface area contributed by atoms with Crippen LogP contribution in [0.3, 0.4) is 0 Å². The number of carbonyl (C=O) groups excluding carboxylic acids is 2. The SMILES string of the molecule is O=C1CCCN1C(=O)CSc1nc2cc(Cl)ccc2c(=O)n1CC1CCCO1. The summed E-state index contributed by atoms with van der Waals surface area (Å²) in [4.78, 5) is 43.1. The molecule has 1 atom stereocenters. The zero-order valence-corrected chi connectivity index (χ0v) is 16.8. The van der Waals surface area contributed by atoms with Crippen molar-refractivity contribution in [3.63, 3.8) is 0 Å². The van der Waals surface area contributed by atoms with Gasteiger partial charge in [-0.3, -0.25) is 23.9 Å². The lowest BCUT2D eigenvalue weighted by molar-refractivity contribution is -0.140. The second kappa shape index (κ2) is 8.23. The first-order chi connectivity index (χ1) is 13.5. The number of carbonyl (C=O) groups is 2. The Balaban J connectivity index is 1.64. The summed E-state index contributed by atoms with van der Waals surface area (Å²) in [6, 6.07) is 4.98. The summed E-state index contributed by atoms with van der Waals surface area (Å²) in [7, 11) is 0. The molecule has 0 spiro atoms. The van der Waals surface area contributed by atoms with Gasteiger partial charge in [-0.25, -0.2) is 4.98 Å². The highest BCUT2D eigenvalue weighted by Gasteiger charge is 2.27. The smallest absolute Gasteiger partial charge is 0.262 e. The van der Waals surface area contributed by atoms with Crippen LogP contribution in [0.2, 0.25) is 5.02 Å². The van der Waals surface area contributed by atoms with Crippen LogP contribution < -0.4 is 5.56 Å². The molecule has 0 aliphatic carbocycles. The van der Waals surface area contributed by atoms with E-state index in [1.165, 1.54) is 16.7 Å². The van der Waals surface area contributed by atoms with Crippen LogP contribution in [0.1, 0.15) is 25.7 Å². The third-order valence-electron chi connectivity index (χ3n) is 4.99. The summed E-state index contributed by atoms with van der Waals surface area (Å²) < 4.78 is 7.26. The zero-order valence-electron chi connectivity index (χ0n) is 15.2. The number of imide groups is 1. The molecular weight excluding hydrogens is 402 g/mol. The fourth-order valence-corrected chi connectivity index (χ4v) is 4.60. The summed E-state index contributed by atoms with van der Waals surface area (Å²) >= 11 is 7.23. The van der Waals surface area contributed by atoms with Gasteiger partial charge in [0.25, 0.3) is 5.56 Å². The molecule has 0 bridgehead atoms. The topological polar surface area (TPSA) is 81.5 Å². The monoisotopic (exact) mass is 421 g/mol. The minimum Gasteiger partial charge on any atom is -0.376 e. The van der Waals surface area contributed by atoms with Gasteiger partial charge in [0.2, 0.25) is 11.8 Å². The Morgan fingerprint density at radius 2 is 2.18 bits per heavy atom. The molecule has 1 aromatic carbocycles. The Hall–Kier alpha value is -1.90. The number of aromatic nitrogens is 2. The lowest BCUT2D eigenvalue weighted by Crippen LogP contribution is -2.34. The van der Waals surface area contributed by atoms with E-state index in [1.807, 2.05) is 0 Å². The molecule has 3 heterocycles. The van der Waals surface area contributed by atoms with E-state index in [0.29, 0.717) is 53.6 Å². The van der Waals surface area contributed by atoms with Crippen molar-refractivity contribution in [2.45, 2.75) is 43.5 Å². The number of rotatable bonds is 5. The van der Waals surface area contributed by atoms with Gasteiger partial charge in [-0.1, -0.05) is 23.4 Å². The third-order valence-corrected chi connectivity index (χ3v) is 6.19. The van der Waals surface area contributed by atoms with Crippen molar-refractivity contribution in [1.82, 2.24) is 14.5 Å². The molecular formula is C19H20ClN3O4S. The summed E-state index contributed by atoms with van der Waals surface area (Å²) in [5.41, 5.74) is 0.317. The average molecular weight is 422 g/mol. The molecule has 0 N–H and O–H groups in total. The Morgan fingerprint density at radius 1 is 1.32 bits per heavy atom. The number of fused-ring (bicyclic) bond motifs is 1. The first-order valence-corrected chi connectivity index (χ1v) is 10.7. The quantitative estimate of drug-likeness (QED) is 0.545. The molecule has 0 radical (unpaired) electrons. The number of nitrogens with zero attached hydrogens (tertiary/aromatic N) is 3. The molecule has 0 saturated carbocycles. The predicted octanol–water partition coefficient (Wildman–Crippen LogP) is 2.47. The van der Waals surface area contributed by atoms with Gasteiger partial charge >= 0.3 is 0 Å². The number of likely N-dealkylation sites (tertiary alicyclic amines) is 1. The van der Waals surface area contributed by atoms with Gasteiger partial charge in [-0.15, -0.1) is 0 Å². The van der Waals surface area contributed by atoms with Crippen molar-refractivity contribution >= 4 is 46.1 Å². The number of thioether (sulfide) groups is 1. The van der Waals surface area contributed by atoms with Crippen LogP contribution in [0.5, 0.6) is 0 Å². The number of ether oxygens (including phenoxy) is 1. The van der Waals surface area contributed by atoms with E-state index in [9.17, 15) is 14.4 Å². The first-order valence-electron chi connectivity index (χ1n) is 9.30. The Kier molecular flexibility index (Phi) is 5.70. The van der Waals surface area contributed by atoms with Crippen LogP contribution in [0, 0.1) is 0 Å². The van der Waals surface area contributed by atoms with E-state index in [0.717, 1.165) is 12.8 Å². The van der Waals surface area contributed by atoms with E-state index in [2.05, 4.69) is 4.98 Å². The Labute approximate surface area is 171 Å². The summed E-state index contributed by atoms with van der Waals surface area (Å²) in [5.74, 6) is -0.340. The molecule has 7 nitrogen and oxygen atoms in total. The summed E-state index contributed by atoms with van der Waals surface area (Å²) in [6.45, 7) is 1.54. The maximum atomic E-state index is 13.1. The average Bonchev–Trinajstić information content (AvgIpc) is 3.33. The molecule has 2 saturated heterocycles. The predicted molar refractivity (Wildman–Crippen MR) is 107 cm³/mol. The van der Waals surface area contributed by atoms with Crippen LogP contribution in [-0.4, -0.2) is 51.3 Å². The molecule has 148 valence electrons. The second-order valence-corrected chi connectivity index (χ2v) is 8.32. The van der Waals surface area contributed by atoms with Crippen molar-refractivity contribution < 1.29 is 14.3 Å². The minimum absolute atomic E-state index is 0.0422. The number of halogens is 1. The van der Waals surface area contributed by atoms with Crippen molar-refractivity contribution in [1.29, 1.82) is 0 Å². The van der Waals surface area contributed by atoms with Crippen LogP contribution >= 0.6 is 23.4 Å². The zero-order chi connectivity index (χ0) is 19.7. The molecule has 2 fully saturated rings. The number of hydrogen-bond acceptors (Lipinski definition) is 6. The van der Waals surface area contributed by atoms with Gasteiger partial charge in [0.15, 0.2) is 5.16 Å². The van der Waals surface area contributed by atoms with Gasteiger partial charge in [-0.05, 0) is 37.5 Å². The maximum Gasteiger partial charge on any atom is 0.262 e. The van der Waals surface area contributed by atoms with Crippen molar-refractivity contribution in [2.24, 2.45) is 0 Å². The van der Waals surface area contributed by atoms with Gasteiger partial charge in [0.05, 0.1) is 29.3 Å². The van der Waals surface area contributed by atoms with E-state index in [1.54, 1.807) is 22.8 Å². The van der Waals surface area contributed by atoms with Gasteiger partial charge < -0.3 is 4.74 Å². The van der Waals surface area contributed by atoms with E-state index in [4.69, 9.17) is 16.3 Å². The Bertz CT molecular complexity index is 987. The first kappa shape index (κ1) is 19.4. The second-order valence-electron chi connectivity index (χ2n) is 6.94. The molecule has 1 aromatic heterocycles. The lowest BCUT2D eigenvalue weighted by atomic mass is 10.2. The van der Waals surface area contributed by atoms with Crippen LogP contribution in [0.4, 0.5) is 0 Å². The number of benzene rings is 1. The molecule has 4 rings (SSSR count). The van der Waals surface area contributed by atoms with Crippen LogP contribution in [-0.2, 0) is 20.9 Å². The molecule has 2 aromatic rings. The standard InChI is InChI=1S/C19H20ClN3O4S/c20-12-5-6-14-15(9-12)21-19(23(18(14)26)10-13-3-2-8-27-13)28-11-17(25)22-7-1-4-16(22)24/h5-6,9,13H,1-4,7-8,10-11H2. The molecule has 28 heavy (non-hydrogen) atoms. The summed E-state index contributed by atoms with van der Waals surface area (Å²) in [5, 5.41) is 1.41. The van der Waals surface area contributed by atoms with Crippen LogP contribution in [0.25, 0.3) is 10.9 Å². The normalized spacial score (nSPS) is 19.7. The highest BCUT2D eigenvalue weighted by molar-refractivity contribution is 7.99. The van der Waals surface area contributed by atoms with Crippen molar-refractivity contribution in [2.75, 3.05) is 18.9 Å². The molecule has 9 heteroatoms. The highest BCUT2D eigenvalue weighted by Crippen LogP contribution is 2.23. The van der Waals surface area contributed by atoms with Crippen molar-refractivity contribution in [3.05, 3.63) is 33.6 Å². The fraction of sp³-hybridized carbons (Fsp3) is 0.474. The van der Waals surface area contributed by atoms with E-state index < -0.39 is 0 Å². The largest absolute Gasteiger partial charge is 0.376 e. The molecule has 2 aliphatic rings. The van der Waals surface area contributed by atoms with E-state index in [-0.39, 0.29) is 29.2 Å². The van der Waals surface area contributed by atoms with Gasteiger partial charge in [0, 0.05) is 24.6 Å². The fourth-order valence-electron chi connectivity index (χ4n) is 3.55. The van der Waals surface area contributed by atoms with Crippen LogP contribution in [0.15, 0.2) is 28.2 Å². The lowest BCUT2D eigenvalue weighted by Gasteiger charge is -2.17. The Morgan fingerprint density at radius 3 is 2.89 bits per heavy atom. The van der Waals surface area contributed by atoms with Crippen molar-refractivity contribution in [3.8, 4) is 0 Å². The summed E-state index contributed by atoms with van der Waals surface area (Å²) in [6.07, 6.45) is 2.92. The van der Waals surface area contributed by atoms with E-state index >= 15 is 0 Å².